The summed E-state index contributed by atoms with van der Waals surface area (Å²) in [5.74, 6) is 0. The normalized spacial score (nSPS) is 11.9. The summed E-state index contributed by atoms with van der Waals surface area (Å²) < 4.78 is 38.0. The fraction of sp³-hybridized carbons (Fsp3) is 0.100. The van der Waals surface area contributed by atoms with Gasteiger partial charge in [-0.05, 0) is 12.1 Å². The van der Waals surface area contributed by atoms with E-state index in [1.54, 1.807) is 0 Å². The SMILES string of the molecule is Nc1cccc2[nH]c(=O)cc(C(F)(F)F)c12. The van der Waals surface area contributed by atoms with Crippen molar-refractivity contribution in [2.24, 2.45) is 0 Å². The van der Waals surface area contributed by atoms with Gasteiger partial charge in [0.25, 0.3) is 0 Å². The van der Waals surface area contributed by atoms with Crippen LogP contribution in [0.5, 0.6) is 0 Å². The van der Waals surface area contributed by atoms with Gasteiger partial charge in [0.15, 0.2) is 0 Å². The van der Waals surface area contributed by atoms with Crippen LogP contribution in [0.3, 0.4) is 0 Å². The Morgan fingerprint density at radius 3 is 2.56 bits per heavy atom. The van der Waals surface area contributed by atoms with Crippen molar-refractivity contribution in [3.8, 4) is 0 Å². The van der Waals surface area contributed by atoms with Crippen LogP contribution in [0.2, 0.25) is 0 Å². The third-order valence-electron chi connectivity index (χ3n) is 2.20. The molecule has 1 heterocycles. The maximum atomic E-state index is 12.7. The Kier molecular flexibility index (Phi) is 2.15. The number of rotatable bonds is 0. The summed E-state index contributed by atoms with van der Waals surface area (Å²) in [5, 5.41) is -0.172. The maximum Gasteiger partial charge on any atom is 0.417 e. The second-order valence-electron chi connectivity index (χ2n) is 3.31. The van der Waals surface area contributed by atoms with Crippen LogP contribution in [0.1, 0.15) is 5.56 Å². The van der Waals surface area contributed by atoms with E-state index in [0.29, 0.717) is 6.07 Å². The van der Waals surface area contributed by atoms with Gasteiger partial charge in [-0.25, -0.2) is 0 Å². The molecule has 0 spiro atoms. The third kappa shape index (κ3) is 1.62. The number of hydrogen-bond acceptors (Lipinski definition) is 2. The lowest BCUT2D eigenvalue weighted by atomic mass is 10.1. The van der Waals surface area contributed by atoms with Crippen LogP contribution in [-0.2, 0) is 6.18 Å². The largest absolute Gasteiger partial charge is 0.417 e. The molecule has 0 fully saturated rings. The topological polar surface area (TPSA) is 58.9 Å². The molecule has 1 aromatic carbocycles. The Balaban J connectivity index is 2.97. The lowest BCUT2D eigenvalue weighted by Gasteiger charge is -2.11. The van der Waals surface area contributed by atoms with E-state index in [4.69, 9.17) is 5.73 Å². The van der Waals surface area contributed by atoms with Crippen molar-refractivity contribution in [3.05, 3.63) is 40.2 Å². The highest BCUT2D eigenvalue weighted by Gasteiger charge is 2.33. The number of fused-ring (bicyclic) bond motifs is 1. The molecule has 0 saturated carbocycles. The molecule has 0 aliphatic heterocycles. The van der Waals surface area contributed by atoms with E-state index in [0.717, 1.165) is 0 Å². The summed E-state index contributed by atoms with van der Waals surface area (Å²) >= 11 is 0. The van der Waals surface area contributed by atoms with Crippen LogP contribution in [0.4, 0.5) is 18.9 Å². The molecule has 3 N–H and O–H groups in total. The second-order valence-corrected chi connectivity index (χ2v) is 3.31. The molecule has 0 aliphatic carbocycles. The van der Waals surface area contributed by atoms with Crippen LogP contribution >= 0.6 is 0 Å². The van der Waals surface area contributed by atoms with Gasteiger partial charge in [0, 0.05) is 17.1 Å². The standard InChI is InChI=1S/C10H7F3N2O/c11-10(12,13)5-4-8(16)15-7-3-1-2-6(14)9(5)7/h1-4H,14H2,(H,15,16). The third-order valence-corrected chi connectivity index (χ3v) is 2.20. The van der Waals surface area contributed by atoms with Gasteiger partial charge in [0.2, 0.25) is 5.56 Å². The number of pyridine rings is 1. The van der Waals surface area contributed by atoms with Gasteiger partial charge < -0.3 is 10.7 Å². The highest BCUT2D eigenvalue weighted by molar-refractivity contribution is 5.93. The van der Waals surface area contributed by atoms with E-state index in [-0.39, 0.29) is 16.6 Å². The number of alkyl halides is 3. The second kappa shape index (κ2) is 3.26. The summed E-state index contributed by atoms with van der Waals surface area (Å²) in [6.07, 6.45) is -4.60. The van der Waals surface area contributed by atoms with Gasteiger partial charge in [-0.2, -0.15) is 13.2 Å². The zero-order valence-corrected chi connectivity index (χ0v) is 7.93. The number of halogens is 3. The molecule has 0 saturated heterocycles. The molecule has 0 aliphatic rings. The smallest absolute Gasteiger partial charge is 0.398 e. The van der Waals surface area contributed by atoms with Crippen molar-refractivity contribution in [3.63, 3.8) is 0 Å². The van der Waals surface area contributed by atoms with Crippen LogP contribution in [0, 0.1) is 0 Å². The highest BCUT2D eigenvalue weighted by atomic mass is 19.4. The molecule has 1 aromatic heterocycles. The first-order chi connectivity index (χ1) is 7.39. The molecule has 0 radical (unpaired) electrons. The molecular formula is C10H7F3N2O. The van der Waals surface area contributed by atoms with Crippen molar-refractivity contribution in [2.75, 3.05) is 5.73 Å². The molecule has 2 aromatic rings. The van der Waals surface area contributed by atoms with E-state index in [2.05, 4.69) is 4.98 Å². The highest BCUT2D eigenvalue weighted by Crippen LogP contribution is 2.35. The monoisotopic (exact) mass is 228 g/mol. The zero-order chi connectivity index (χ0) is 11.9. The molecule has 84 valence electrons. The van der Waals surface area contributed by atoms with Gasteiger partial charge in [-0.1, -0.05) is 6.07 Å². The first-order valence-corrected chi connectivity index (χ1v) is 4.38. The molecular weight excluding hydrogens is 221 g/mol. The van der Waals surface area contributed by atoms with Crippen molar-refractivity contribution in [1.29, 1.82) is 0 Å². The van der Waals surface area contributed by atoms with Gasteiger partial charge in [0.1, 0.15) is 0 Å². The number of nitrogen functional groups attached to an aromatic ring is 1. The predicted molar refractivity (Wildman–Crippen MR) is 54.0 cm³/mol. The summed E-state index contributed by atoms with van der Waals surface area (Å²) in [6.45, 7) is 0. The number of nitrogens with one attached hydrogen (secondary N) is 1. The molecule has 2 rings (SSSR count). The van der Waals surface area contributed by atoms with Crippen LogP contribution in [0.15, 0.2) is 29.1 Å². The lowest BCUT2D eigenvalue weighted by Crippen LogP contribution is -2.14. The van der Waals surface area contributed by atoms with E-state index in [1.807, 2.05) is 0 Å². The summed E-state index contributed by atoms with van der Waals surface area (Å²) in [6, 6.07) is 4.73. The fourth-order valence-corrected chi connectivity index (χ4v) is 1.57. The first-order valence-electron chi connectivity index (χ1n) is 4.38. The van der Waals surface area contributed by atoms with Crippen molar-refractivity contribution in [2.45, 2.75) is 6.18 Å². The van der Waals surface area contributed by atoms with Crippen molar-refractivity contribution in [1.82, 2.24) is 4.98 Å². The minimum absolute atomic E-state index is 0.0129. The lowest BCUT2D eigenvalue weighted by molar-refractivity contribution is -0.136. The maximum absolute atomic E-state index is 12.7. The number of nitrogens with two attached hydrogens (primary N) is 1. The Morgan fingerprint density at radius 2 is 1.94 bits per heavy atom. The molecule has 16 heavy (non-hydrogen) atoms. The van der Waals surface area contributed by atoms with Crippen LogP contribution in [0.25, 0.3) is 10.9 Å². The number of aromatic amines is 1. The van der Waals surface area contributed by atoms with Gasteiger partial charge in [0.05, 0.1) is 11.1 Å². The minimum Gasteiger partial charge on any atom is -0.398 e. The Morgan fingerprint density at radius 1 is 1.25 bits per heavy atom. The summed E-state index contributed by atoms with van der Waals surface area (Å²) in [5.41, 5.74) is 3.74. The van der Waals surface area contributed by atoms with E-state index in [1.165, 1.54) is 18.2 Å². The summed E-state index contributed by atoms with van der Waals surface area (Å²) in [4.78, 5) is 13.4. The Bertz CT molecular complexity index is 601. The Labute approximate surface area is 87.7 Å². The average Bonchev–Trinajstić information content (AvgIpc) is 2.15. The van der Waals surface area contributed by atoms with Gasteiger partial charge in [-0.15, -0.1) is 0 Å². The number of hydrogen-bond donors (Lipinski definition) is 2. The number of anilines is 1. The van der Waals surface area contributed by atoms with Gasteiger partial charge in [-0.3, -0.25) is 4.79 Å². The molecule has 6 heteroatoms. The van der Waals surface area contributed by atoms with Gasteiger partial charge >= 0.3 is 6.18 Å². The quantitative estimate of drug-likeness (QED) is 0.678. The number of aromatic nitrogens is 1. The minimum atomic E-state index is -4.60. The summed E-state index contributed by atoms with van der Waals surface area (Å²) in [7, 11) is 0. The van der Waals surface area contributed by atoms with E-state index >= 15 is 0 Å². The van der Waals surface area contributed by atoms with Crippen LogP contribution < -0.4 is 11.3 Å². The molecule has 3 nitrogen and oxygen atoms in total. The molecule has 0 bridgehead atoms. The van der Waals surface area contributed by atoms with E-state index < -0.39 is 17.3 Å². The van der Waals surface area contributed by atoms with E-state index in [9.17, 15) is 18.0 Å². The zero-order valence-electron chi connectivity index (χ0n) is 7.93. The average molecular weight is 228 g/mol. The Hall–Kier alpha value is -1.98. The van der Waals surface area contributed by atoms with Crippen molar-refractivity contribution >= 4 is 16.6 Å². The number of benzene rings is 1. The predicted octanol–water partition coefficient (Wildman–Crippen LogP) is 2.13. The first kappa shape index (κ1) is 10.5. The number of H-pyrrole nitrogens is 1. The fourth-order valence-electron chi connectivity index (χ4n) is 1.57. The molecule has 0 amide bonds. The van der Waals surface area contributed by atoms with Crippen molar-refractivity contribution < 1.29 is 13.2 Å². The van der Waals surface area contributed by atoms with Crippen LogP contribution in [-0.4, -0.2) is 4.98 Å². The molecule has 0 unspecified atom stereocenters. The molecule has 0 atom stereocenters.